The fourth-order valence-corrected chi connectivity index (χ4v) is 1.94. The van der Waals surface area contributed by atoms with Crippen LogP contribution < -0.4 is 5.56 Å². The van der Waals surface area contributed by atoms with Crippen LogP contribution in [0.15, 0.2) is 23.1 Å². The van der Waals surface area contributed by atoms with Crippen molar-refractivity contribution in [2.24, 2.45) is 5.41 Å². The third-order valence-electron chi connectivity index (χ3n) is 3.33. The van der Waals surface area contributed by atoms with Crippen molar-refractivity contribution in [2.75, 3.05) is 0 Å². The molecule has 19 heavy (non-hydrogen) atoms. The maximum atomic E-state index is 11.2. The van der Waals surface area contributed by atoms with Crippen molar-refractivity contribution in [3.63, 3.8) is 0 Å². The van der Waals surface area contributed by atoms with Crippen molar-refractivity contribution in [3.8, 4) is 11.4 Å². The monoisotopic (exact) mass is 261 g/mol. The van der Waals surface area contributed by atoms with E-state index in [2.05, 4.69) is 20.5 Å². The van der Waals surface area contributed by atoms with Gasteiger partial charge in [0.25, 0.3) is 0 Å². The van der Waals surface area contributed by atoms with Gasteiger partial charge in [-0.05, 0) is 29.3 Å². The van der Waals surface area contributed by atoms with Crippen molar-refractivity contribution in [2.45, 2.75) is 19.4 Å². The summed E-state index contributed by atoms with van der Waals surface area (Å²) in [5, 5.41) is 20.4. The Balaban J connectivity index is 1.93. The second-order valence-electron chi connectivity index (χ2n) is 4.69. The van der Waals surface area contributed by atoms with Gasteiger partial charge < -0.3 is 10.1 Å². The molecule has 0 aromatic carbocycles. The number of hydrogen-bond acceptors (Lipinski definition) is 5. The Morgan fingerprint density at radius 2 is 2.26 bits per heavy atom. The van der Waals surface area contributed by atoms with Gasteiger partial charge in [0.2, 0.25) is 5.56 Å². The number of aromatic amines is 1. The molecule has 2 N–H and O–H groups in total. The van der Waals surface area contributed by atoms with Crippen molar-refractivity contribution < 1.29 is 9.90 Å². The van der Waals surface area contributed by atoms with Crippen LogP contribution in [0.25, 0.3) is 11.4 Å². The molecule has 8 nitrogen and oxygen atoms in total. The van der Waals surface area contributed by atoms with E-state index in [0.29, 0.717) is 24.2 Å². The summed E-state index contributed by atoms with van der Waals surface area (Å²) in [5.41, 5.74) is -0.315. The molecule has 1 aliphatic carbocycles. The summed E-state index contributed by atoms with van der Waals surface area (Å²) in [6.07, 6.45) is 2.77. The van der Waals surface area contributed by atoms with Crippen molar-refractivity contribution in [3.05, 3.63) is 28.7 Å². The van der Waals surface area contributed by atoms with Crippen LogP contribution in [0.4, 0.5) is 0 Å². The number of hydrogen-bond donors (Lipinski definition) is 2. The lowest BCUT2D eigenvalue weighted by Crippen LogP contribution is -2.22. The minimum absolute atomic E-state index is 0.216. The number of carboxylic acid groups (broad SMARTS) is 1. The van der Waals surface area contributed by atoms with Crippen molar-refractivity contribution in [1.29, 1.82) is 0 Å². The smallest absolute Gasteiger partial charge is 0.311 e. The van der Waals surface area contributed by atoms with Gasteiger partial charge >= 0.3 is 5.97 Å². The van der Waals surface area contributed by atoms with E-state index in [1.54, 1.807) is 6.07 Å². The van der Waals surface area contributed by atoms with Gasteiger partial charge in [-0.25, -0.2) is 4.68 Å². The SMILES string of the molecule is O=C(O)C1(Cn2nnnc2-c2ccc(=O)[nH]c2)CC1. The number of carbonyl (C=O) groups is 1. The van der Waals surface area contributed by atoms with Gasteiger partial charge in [0.05, 0.1) is 12.0 Å². The molecule has 2 aromatic heterocycles. The van der Waals surface area contributed by atoms with Gasteiger partial charge in [-0.15, -0.1) is 5.10 Å². The number of H-pyrrole nitrogens is 1. The average molecular weight is 261 g/mol. The van der Waals surface area contributed by atoms with Crippen LogP contribution in [0.5, 0.6) is 0 Å². The number of aliphatic carboxylic acids is 1. The van der Waals surface area contributed by atoms with E-state index in [1.807, 2.05) is 0 Å². The van der Waals surface area contributed by atoms with Gasteiger partial charge in [-0.3, -0.25) is 9.59 Å². The Hall–Kier alpha value is -2.51. The molecular formula is C11H11N5O3. The fraction of sp³-hybridized carbons (Fsp3) is 0.364. The van der Waals surface area contributed by atoms with E-state index in [4.69, 9.17) is 0 Å². The molecule has 3 rings (SSSR count). The summed E-state index contributed by atoms with van der Waals surface area (Å²) in [5.74, 6) is -0.376. The van der Waals surface area contributed by atoms with Gasteiger partial charge in [-0.1, -0.05) is 0 Å². The predicted molar refractivity (Wildman–Crippen MR) is 63.2 cm³/mol. The van der Waals surface area contributed by atoms with Crippen molar-refractivity contribution >= 4 is 5.97 Å². The standard InChI is InChI=1S/C11H11N5O3/c17-8-2-1-7(5-12-8)9-13-14-15-16(9)6-11(3-4-11)10(18)19/h1-2,5H,3-4,6H2,(H,12,17)(H,18,19). The molecule has 98 valence electrons. The molecule has 0 radical (unpaired) electrons. The summed E-state index contributed by atoms with van der Waals surface area (Å²) in [4.78, 5) is 24.7. The predicted octanol–water partition coefficient (Wildman–Crippen LogP) is -0.107. The summed E-state index contributed by atoms with van der Waals surface area (Å²) < 4.78 is 1.47. The number of rotatable bonds is 4. The molecule has 0 saturated heterocycles. The molecule has 1 fully saturated rings. The first-order chi connectivity index (χ1) is 9.11. The van der Waals surface area contributed by atoms with Gasteiger partial charge in [0.15, 0.2) is 5.82 Å². The highest BCUT2D eigenvalue weighted by Crippen LogP contribution is 2.47. The third-order valence-corrected chi connectivity index (χ3v) is 3.33. The van der Waals surface area contributed by atoms with E-state index in [1.165, 1.54) is 16.9 Å². The number of aromatic nitrogens is 5. The highest BCUT2D eigenvalue weighted by atomic mass is 16.4. The zero-order valence-corrected chi connectivity index (χ0v) is 9.91. The van der Waals surface area contributed by atoms with Crippen LogP contribution in [-0.2, 0) is 11.3 Å². The number of nitrogens with one attached hydrogen (secondary N) is 1. The minimum Gasteiger partial charge on any atom is -0.481 e. The van der Waals surface area contributed by atoms with Gasteiger partial charge in [-0.2, -0.15) is 0 Å². The first-order valence-electron chi connectivity index (χ1n) is 5.79. The van der Waals surface area contributed by atoms with Gasteiger partial charge in [0, 0.05) is 17.8 Å². The van der Waals surface area contributed by atoms with Crippen molar-refractivity contribution in [1.82, 2.24) is 25.2 Å². The number of pyridine rings is 1. The summed E-state index contributed by atoms with van der Waals surface area (Å²) in [7, 11) is 0. The Morgan fingerprint density at radius 3 is 2.84 bits per heavy atom. The van der Waals surface area contributed by atoms with E-state index >= 15 is 0 Å². The Kier molecular flexibility index (Phi) is 2.44. The molecule has 0 unspecified atom stereocenters. The molecular weight excluding hydrogens is 250 g/mol. The molecule has 0 bridgehead atoms. The lowest BCUT2D eigenvalue weighted by atomic mass is 10.1. The molecule has 1 aliphatic rings. The summed E-state index contributed by atoms with van der Waals surface area (Å²) >= 11 is 0. The van der Waals surface area contributed by atoms with Crippen LogP contribution >= 0.6 is 0 Å². The normalized spacial score (nSPS) is 16.2. The van der Waals surface area contributed by atoms with Crippen LogP contribution in [0.3, 0.4) is 0 Å². The van der Waals surface area contributed by atoms with Crippen LogP contribution in [0.2, 0.25) is 0 Å². The quantitative estimate of drug-likeness (QED) is 0.794. The summed E-state index contributed by atoms with van der Waals surface area (Å²) in [6.45, 7) is 0.240. The number of carboxylic acids is 1. The lowest BCUT2D eigenvalue weighted by Gasteiger charge is -2.10. The number of nitrogens with zero attached hydrogens (tertiary/aromatic N) is 4. The first kappa shape index (κ1) is 11.6. The topological polar surface area (TPSA) is 114 Å². The summed E-state index contributed by atoms with van der Waals surface area (Å²) in [6, 6.07) is 2.97. The highest BCUT2D eigenvalue weighted by Gasteiger charge is 2.51. The largest absolute Gasteiger partial charge is 0.481 e. The Bertz CT molecular complexity index is 665. The molecule has 0 amide bonds. The lowest BCUT2D eigenvalue weighted by molar-refractivity contribution is -0.144. The third kappa shape index (κ3) is 2.01. The second kappa shape index (κ2) is 4.01. The fourth-order valence-electron chi connectivity index (χ4n) is 1.94. The zero-order valence-electron chi connectivity index (χ0n) is 9.91. The maximum Gasteiger partial charge on any atom is 0.311 e. The molecule has 8 heteroatoms. The molecule has 1 saturated carbocycles. The maximum absolute atomic E-state index is 11.2. The number of tetrazole rings is 1. The minimum atomic E-state index is -0.824. The second-order valence-corrected chi connectivity index (χ2v) is 4.69. The van der Waals surface area contributed by atoms with E-state index in [-0.39, 0.29) is 12.1 Å². The van der Waals surface area contributed by atoms with E-state index in [9.17, 15) is 14.7 Å². The van der Waals surface area contributed by atoms with Crippen LogP contribution in [0, 0.1) is 5.41 Å². The van der Waals surface area contributed by atoms with Crippen LogP contribution in [0.1, 0.15) is 12.8 Å². The molecule has 0 atom stereocenters. The average Bonchev–Trinajstić information content (AvgIpc) is 3.03. The first-order valence-corrected chi connectivity index (χ1v) is 5.79. The van der Waals surface area contributed by atoms with Gasteiger partial charge in [0.1, 0.15) is 0 Å². The zero-order chi connectivity index (χ0) is 13.5. The Labute approximate surface area is 107 Å². The van der Waals surface area contributed by atoms with E-state index in [0.717, 1.165) is 0 Å². The van der Waals surface area contributed by atoms with Crippen LogP contribution in [-0.4, -0.2) is 36.3 Å². The molecule has 2 aromatic rings. The molecule has 2 heterocycles. The Morgan fingerprint density at radius 1 is 1.47 bits per heavy atom. The molecule has 0 aliphatic heterocycles. The van der Waals surface area contributed by atoms with E-state index < -0.39 is 11.4 Å². The highest BCUT2D eigenvalue weighted by molar-refractivity contribution is 5.77. The molecule has 0 spiro atoms.